The highest BCUT2D eigenvalue weighted by Gasteiger charge is 1.97. The summed E-state index contributed by atoms with van der Waals surface area (Å²) >= 11 is 3.34. The molecule has 1 radical (unpaired) electrons. The number of rotatable bonds is 1. The van der Waals surface area contributed by atoms with Crippen LogP contribution >= 0.6 is 15.9 Å². The Morgan fingerprint density at radius 2 is 2.08 bits per heavy atom. The van der Waals surface area contributed by atoms with E-state index in [1.165, 1.54) is 0 Å². The minimum atomic E-state index is 0.855. The van der Waals surface area contributed by atoms with Crippen LogP contribution in [0.25, 0.3) is 11.3 Å². The van der Waals surface area contributed by atoms with Gasteiger partial charge in [0.15, 0.2) is 0 Å². The molecule has 0 aliphatic rings. The van der Waals surface area contributed by atoms with Crippen molar-refractivity contribution < 1.29 is 0 Å². The SMILES string of the molecule is Brc1cccc(-c2c[c]ccc2)n1. The molecule has 0 fully saturated rings. The Labute approximate surface area is 85.6 Å². The van der Waals surface area contributed by atoms with Gasteiger partial charge in [-0.3, -0.25) is 0 Å². The van der Waals surface area contributed by atoms with Crippen LogP contribution in [-0.4, -0.2) is 4.98 Å². The molecule has 13 heavy (non-hydrogen) atoms. The second kappa shape index (κ2) is 3.71. The van der Waals surface area contributed by atoms with Crippen molar-refractivity contribution in [3.63, 3.8) is 0 Å². The summed E-state index contributed by atoms with van der Waals surface area (Å²) in [5, 5.41) is 0. The molecular formula is C11H7BrN. The van der Waals surface area contributed by atoms with Gasteiger partial charge in [-0.05, 0) is 40.2 Å². The topological polar surface area (TPSA) is 12.9 Å². The average molecular weight is 233 g/mol. The van der Waals surface area contributed by atoms with Crippen molar-refractivity contribution in [3.05, 3.63) is 53.1 Å². The quantitative estimate of drug-likeness (QED) is 0.688. The lowest BCUT2D eigenvalue weighted by molar-refractivity contribution is 1.28. The smallest absolute Gasteiger partial charge is 0.106 e. The van der Waals surface area contributed by atoms with Crippen LogP contribution in [0.2, 0.25) is 0 Å². The van der Waals surface area contributed by atoms with Crippen LogP contribution < -0.4 is 0 Å². The van der Waals surface area contributed by atoms with Crippen molar-refractivity contribution >= 4 is 15.9 Å². The summed E-state index contributed by atoms with van der Waals surface area (Å²) in [5.74, 6) is 0. The molecule has 2 rings (SSSR count). The van der Waals surface area contributed by atoms with E-state index in [2.05, 4.69) is 27.0 Å². The van der Waals surface area contributed by atoms with Gasteiger partial charge in [0.1, 0.15) is 4.60 Å². The van der Waals surface area contributed by atoms with Crippen LogP contribution in [0.5, 0.6) is 0 Å². The highest BCUT2D eigenvalue weighted by atomic mass is 79.9. The van der Waals surface area contributed by atoms with Crippen molar-refractivity contribution in [2.45, 2.75) is 0 Å². The maximum Gasteiger partial charge on any atom is 0.106 e. The predicted octanol–water partition coefficient (Wildman–Crippen LogP) is 3.31. The van der Waals surface area contributed by atoms with E-state index in [-0.39, 0.29) is 0 Å². The molecule has 0 aliphatic heterocycles. The number of nitrogens with zero attached hydrogens (tertiary/aromatic N) is 1. The van der Waals surface area contributed by atoms with E-state index < -0.39 is 0 Å². The summed E-state index contributed by atoms with van der Waals surface area (Å²) in [6, 6.07) is 16.7. The standard InChI is InChI=1S/C11H7BrN/c12-11-8-4-7-10(13-11)9-5-2-1-3-6-9/h1-2,4-8H. The average Bonchev–Trinajstić information content (AvgIpc) is 2.19. The van der Waals surface area contributed by atoms with Gasteiger partial charge in [-0.2, -0.15) is 0 Å². The Kier molecular flexibility index (Phi) is 2.41. The molecule has 0 unspecified atom stereocenters. The molecular weight excluding hydrogens is 226 g/mol. The van der Waals surface area contributed by atoms with Gasteiger partial charge in [0, 0.05) is 5.56 Å². The van der Waals surface area contributed by atoms with E-state index in [1.807, 2.05) is 42.5 Å². The largest absolute Gasteiger partial charge is 0.241 e. The Morgan fingerprint density at radius 1 is 1.15 bits per heavy atom. The third kappa shape index (κ3) is 1.95. The summed E-state index contributed by atoms with van der Waals surface area (Å²) in [5.41, 5.74) is 2.05. The highest BCUT2D eigenvalue weighted by molar-refractivity contribution is 9.10. The molecule has 0 atom stereocenters. The Morgan fingerprint density at radius 3 is 2.77 bits per heavy atom. The first-order chi connectivity index (χ1) is 6.36. The first-order valence-electron chi connectivity index (χ1n) is 3.95. The van der Waals surface area contributed by atoms with Gasteiger partial charge in [0.2, 0.25) is 0 Å². The summed E-state index contributed by atoms with van der Waals surface area (Å²) in [6.45, 7) is 0. The van der Waals surface area contributed by atoms with Gasteiger partial charge in [-0.25, -0.2) is 4.98 Å². The van der Waals surface area contributed by atoms with Crippen LogP contribution in [0.15, 0.2) is 47.1 Å². The molecule has 0 N–H and O–H groups in total. The Bertz CT molecular complexity index is 398. The Balaban J connectivity index is 2.48. The number of pyridine rings is 1. The van der Waals surface area contributed by atoms with Gasteiger partial charge in [0.05, 0.1) is 5.69 Å². The summed E-state index contributed by atoms with van der Waals surface area (Å²) in [6.07, 6.45) is 0. The van der Waals surface area contributed by atoms with Crippen molar-refractivity contribution in [1.82, 2.24) is 4.98 Å². The molecule has 0 bridgehead atoms. The number of halogens is 1. The zero-order valence-electron chi connectivity index (χ0n) is 6.87. The van der Waals surface area contributed by atoms with Gasteiger partial charge in [0.25, 0.3) is 0 Å². The fourth-order valence-corrected chi connectivity index (χ4v) is 1.47. The second-order valence-electron chi connectivity index (χ2n) is 2.64. The van der Waals surface area contributed by atoms with Gasteiger partial charge >= 0.3 is 0 Å². The molecule has 0 saturated heterocycles. The van der Waals surface area contributed by atoms with Gasteiger partial charge < -0.3 is 0 Å². The van der Waals surface area contributed by atoms with E-state index in [0.717, 1.165) is 15.9 Å². The zero-order valence-corrected chi connectivity index (χ0v) is 8.45. The first kappa shape index (κ1) is 8.45. The maximum absolute atomic E-state index is 4.34. The predicted molar refractivity (Wildman–Crippen MR) is 56.2 cm³/mol. The number of benzene rings is 1. The zero-order chi connectivity index (χ0) is 9.10. The van der Waals surface area contributed by atoms with Crippen LogP contribution in [0.1, 0.15) is 0 Å². The van der Waals surface area contributed by atoms with Crippen molar-refractivity contribution in [2.75, 3.05) is 0 Å². The van der Waals surface area contributed by atoms with Gasteiger partial charge in [-0.1, -0.05) is 24.3 Å². The molecule has 0 spiro atoms. The molecule has 1 nitrogen and oxygen atoms in total. The van der Waals surface area contributed by atoms with Crippen LogP contribution in [-0.2, 0) is 0 Å². The molecule has 0 saturated carbocycles. The first-order valence-corrected chi connectivity index (χ1v) is 4.74. The lowest BCUT2D eigenvalue weighted by Gasteiger charge is -1.99. The fraction of sp³-hybridized carbons (Fsp3) is 0. The molecule has 1 heterocycles. The van der Waals surface area contributed by atoms with Crippen molar-refractivity contribution in [1.29, 1.82) is 0 Å². The number of aromatic nitrogens is 1. The highest BCUT2D eigenvalue weighted by Crippen LogP contribution is 2.17. The Hall–Kier alpha value is -1.15. The number of hydrogen-bond donors (Lipinski definition) is 0. The molecule has 2 heteroatoms. The van der Waals surface area contributed by atoms with E-state index in [0.29, 0.717) is 0 Å². The molecule has 2 aromatic rings. The van der Waals surface area contributed by atoms with Crippen LogP contribution in [0.4, 0.5) is 0 Å². The van der Waals surface area contributed by atoms with Gasteiger partial charge in [-0.15, -0.1) is 0 Å². The van der Waals surface area contributed by atoms with Crippen molar-refractivity contribution in [2.24, 2.45) is 0 Å². The second-order valence-corrected chi connectivity index (χ2v) is 3.45. The summed E-state index contributed by atoms with van der Waals surface area (Å²) in [7, 11) is 0. The minimum absolute atomic E-state index is 0.855. The molecule has 0 aliphatic carbocycles. The molecule has 63 valence electrons. The lowest BCUT2D eigenvalue weighted by atomic mass is 10.1. The van der Waals surface area contributed by atoms with E-state index in [9.17, 15) is 0 Å². The summed E-state index contributed by atoms with van der Waals surface area (Å²) < 4.78 is 0.855. The van der Waals surface area contributed by atoms with Crippen LogP contribution in [0, 0.1) is 6.07 Å². The van der Waals surface area contributed by atoms with E-state index >= 15 is 0 Å². The third-order valence-electron chi connectivity index (χ3n) is 1.72. The number of hydrogen-bond acceptors (Lipinski definition) is 1. The van der Waals surface area contributed by atoms with E-state index in [4.69, 9.17) is 0 Å². The molecule has 1 aromatic carbocycles. The minimum Gasteiger partial charge on any atom is -0.241 e. The fourth-order valence-electron chi connectivity index (χ4n) is 1.12. The lowest BCUT2D eigenvalue weighted by Crippen LogP contribution is -1.82. The van der Waals surface area contributed by atoms with Crippen molar-refractivity contribution in [3.8, 4) is 11.3 Å². The van der Waals surface area contributed by atoms with Crippen LogP contribution in [0.3, 0.4) is 0 Å². The third-order valence-corrected chi connectivity index (χ3v) is 2.16. The molecule has 1 aromatic heterocycles. The summed E-state index contributed by atoms with van der Waals surface area (Å²) in [4.78, 5) is 4.34. The monoisotopic (exact) mass is 232 g/mol. The maximum atomic E-state index is 4.34. The normalized spacial score (nSPS) is 9.92. The van der Waals surface area contributed by atoms with E-state index in [1.54, 1.807) is 0 Å². The molecule has 0 amide bonds.